The minimum Gasteiger partial charge on any atom is -0.368 e. The molecule has 190 valence electrons. The third-order valence-corrected chi connectivity index (χ3v) is 5.77. The van der Waals surface area contributed by atoms with E-state index >= 15 is 0 Å². The highest BCUT2D eigenvalue weighted by Gasteiger charge is 2.39. The van der Waals surface area contributed by atoms with Gasteiger partial charge in [0, 0.05) is 51.0 Å². The molecule has 0 radical (unpaired) electrons. The van der Waals surface area contributed by atoms with Crippen molar-refractivity contribution in [3.8, 4) is 0 Å². The van der Waals surface area contributed by atoms with Crippen molar-refractivity contribution in [3.63, 3.8) is 0 Å². The maximum Gasteiger partial charge on any atom is 0.220 e. The zero-order chi connectivity index (χ0) is 25.4. The molecule has 2 aliphatic rings. The van der Waals surface area contributed by atoms with E-state index in [-0.39, 0.29) is 57.3 Å². The van der Waals surface area contributed by atoms with E-state index in [9.17, 15) is 39.0 Å². The molecule has 12 heteroatoms. The molecule has 2 saturated carbocycles. The van der Waals surface area contributed by atoms with Crippen LogP contribution in [0.1, 0.15) is 51.9 Å². The number of carbonyl (C=O) groups excluding carboxylic acids is 6. The second kappa shape index (κ2) is 12.9. The van der Waals surface area contributed by atoms with Crippen LogP contribution in [0.2, 0.25) is 0 Å². The molecule has 1 amide bonds. The van der Waals surface area contributed by atoms with Crippen molar-refractivity contribution in [1.82, 2.24) is 10.6 Å². The Morgan fingerprint density at radius 1 is 0.912 bits per heavy atom. The number of hydrogen-bond acceptors (Lipinski definition) is 11. The van der Waals surface area contributed by atoms with Crippen LogP contribution in [-0.4, -0.2) is 89.5 Å². The van der Waals surface area contributed by atoms with Crippen LogP contribution >= 0.6 is 0 Å². The quantitative estimate of drug-likeness (QED) is 0.163. The van der Waals surface area contributed by atoms with Gasteiger partial charge in [-0.25, -0.2) is 0 Å². The maximum absolute atomic E-state index is 12.7. The van der Waals surface area contributed by atoms with Crippen LogP contribution in [0.25, 0.3) is 0 Å². The van der Waals surface area contributed by atoms with E-state index in [1.54, 1.807) is 7.05 Å². The van der Waals surface area contributed by atoms with Crippen LogP contribution in [-0.2, 0) is 38.2 Å². The molecule has 2 fully saturated rings. The lowest BCUT2D eigenvalue weighted by atomic mass is 10.0. The summed E-state index contributed by atoms with van der Waals surface area (Å²) in [5.74, 6) is -3.50. The number of ether oxygens (including phenoxy) is 2. The van der Waals surface area contributed by atoms with Crippen molar-refractivity contribution in [2.45, 2.75) is 82.7 Å². The monoisotopic (exact) mass is 484 g/mol. The molecule has 0 aromatic rings. The number of nitrogens with one attached hydrogen (secondary N) is 2. The number of aliphatic hydroxyl groups excluding tert-OH is 2. The van der Waals surface area contributed by atoms with E-state index in [0.29, 0.717) is 0 Å². The molecule has 2 rings (SSSR count). The van der Waals surface area contributed by atoms with Crippen molar-refractivity contribution in [1.29, 1.82) is 0 Å². The standard InChI is InChI=1S/C22H32N2O10/c1-11(25)3-4-13(22(32)34-20-16(28)7-8-17(20)29)24-18(30)9-12(10-23-2)21(31)33-19-14(26)5-6-15(19)27/h12-13,19-23,31-32H,3-10H2,1-2H3,(H,24,30). The first-order valence-electron chi connectivity index (χ1n) is 11.2. The Balaban J connectivity index is 2.02. The van der Waals surface area contributed by atoms with E-state index in [1.807, 2.05) is 0 Å². The van der Waals surface area contributed by atoms with Gasteiger partial charge in [0.25, 0.3) is 0 Å². The number of rotatable bonds is 14. The summed E-state index contributed by atoms with van der Waals surface area (Å²) in [7, 11) is 1.58. The fourth-order valence-electron chi connectivity index (χ4n) is 3.85. The van der Waals surface area contributed by atoms with Crippen molar-refractivity contribution in [2.24, 2.45) is 5.92 Å². The zero-order valence-corrected chi connectivity index (χ0v) is 19.3. The van der Waals surface area contributed by atoms with Crippen LogP contribution in [0.5, 0.6) is 0 Å². The fourth-order valence-corrected chi connectivity index (χ4v) is 3.85. The molecule has 0 spiro atoms. The molecule has 0 aliphatic heterocycles. The third-order valence-electron chi connectivity index (χ3n) is 5.77. The highest BCUT2D eigenvalue weighted by atomic mass is 16.6. The first kappa shape index (κ1) is 27.9. The smallest absolute Gasteiger partial charge is 0.220 e. The molecule has 0 heterocycles. The lowest BCUT2D eigenvalue weighted by Gasteiger charge is -2.28. The van der Waals surface area contributed by atoms with E-state index < -0.39 is 65.8 Å². The number of aliphatic hydroxyl groups is 2. The lowest BCUT2D eigenvalue weighted by Crippen LogP contribution is -2.48. The van der Waals surface area contributed by atoms with Gasteiger partial charge in [-0.2, -0.15) is 0 Å². The van der Waals surface area contributed by atoms with E-state index in [2.05, 4.69) is 10.6 Å². The minimum atomic E-state index is -1.73. The fraction of sp³-hybridized carbons (Fsp3) is 0.727. The zero-order valence-electron chi connectivity index (χ0n) is 19.3. The summed E-state index contributed by atoms with van der Waals surface area (Å²) in [5, 5.41) is 26.2. The molecule has 4 unspecified atom stereocenters. The second-order valence-corrected chi connectivity index (χ2v) is 8.62. The lowest BCUT2D eigenvalue weighted by molar-refractivity contribution is -0.178. The highest BCUT2D eigenvalue weighted by Crippen LogP contribution is 2.21. The SMILES string of the molecule is CNCC(CC(=O)NC(CCC(C)=O)C(O)OC1C(=O)CCC1=O)C(O)OC1C(=O)CCC1=O. The normalized spacial score (nSPS) is 21.1. The first-order valence-corrected chi connectivity index (χ1v) is 11.2. The number of carbonyl (C=O) groups is 6. The predicted octanol–water partition coefficient (Wildman–Crippen LogP) is -1.66. The van der Waals surface area contributed by atoms with E-state index in [4.69, 9.17) is 9.47 Å². The van der Waals surface area contributed by atoms with Gasteiger partial charge in [-0.05, 0) is 20.4 Å². The Hall–Kier alpha value is -2.38. The summed E-state index contributed by atoms with van der Waals surface area (Å²) < 4.78 is 10.5. The third kappa shape index (κ3) is 7.84. The van der Waals surface area contributed by atoms with Crippen LogP contribution in [0.3, 0.4) is 0 Å². The Morgan fingerprint density at radius 3 is 1.82 bits per heavy atom. The minimum absolute atomic E-state index is 0.00445. The number of hydrogen-bond donors (Lipinski definition) is 4. The molecule has 0 saturated heterocycles. The van der Waals surface area contributed by atoms with Crippen LogP contribution in [0, 0.1) is 5.92 Å². The van der Waals surface area contributed by atoms with Crippen LogP contribution < -0.4 is 10.6 Å². The molecule has 4 N–H and O–H groups in total. The van der Waals surface area contributed by atoms with Gasteiger partial charge in [0.1, 0.15) is 5.78 Å². The van der Waals surface area contributed by atoms with Gasteiger partial charge >= 0.3 is 0 Å². The summed E-state index contributed by atoms with van der Waals surface area (Å²) >= 11 is 0. The van der Waals surface area contributed by atoms with Gasteiger partial charge in [-0.3, -0.25) is 24.0 Å². The topological polar surface area (TPSA) is 185 Å². The van der Waals surface area contributed by atoms with Crippen molar-refractivity contribution in [3.05, 3.63) is 0 Å². The average molecular weight is 485 g/mol. The summed E-state index contributed by atoms with van der Waals surface area (Å²) in [5.41, 5.74) is 0. The summed E-state index contributed by atoms with van der Waals surface area (Å²) in [6, 6.07) is -1.11. The Kier molecular flexibility index (Phi) is 10.6. The van der Waals surface area contributed by atoms with Gasteiger partial charge in [0.15, 0.2) is 47.9 Å². The van der Waals surface area contributed by atoms with E-state index in [1.165, 1.54) is 6.92 Å². The van der Waals surface area contributed by atoms with Crippen LogP contribution in [0.4, 0.5) is 0 Å². The van der Waals surface area contributed by atoms with E-state index in [0.717, 1.165) is 0 Å². The molecule has 34 heavy (non-hydrogen) atoms. The molecular formula is C22H32N2O10. The van der Waals surface area contributed by atoms with Crippen molar-refractivity contribution < 1.29 is 48.5 Å². The summed E-state index contributed by atoms with van der Waals surface area (Å²) in [6.07, 6.45) is -6.35. The molecule has 0 aromatic heterocycles. The van der Waals surface area contributed by atoms with Gasteiger partial charge < -0.3 is 35.1 Å². The van der Waals surface area contributed by atoms with Crippen LogP contribution in [0.15, 0.2) is 0 Å². The molecule has 2 aliphatic carbocycles. The van der Waals surface area contributed by atoms with Gasteiger partial charge in [-0.1, -0.05) is 0 Å². The highest BCUT2D eigenvalue weighted by molar-refractivity contribution is 6.11. The largest absolute Gasteiger partial charge is 0.368 e. The summed E-state index contributed by atoms with van der Waals surface area (Å²) in [6.45, 7) is 1.43. The van der Waals surface area contributed by atoms with Gasteiger partial charge in [0.05, 0.1) is 6.04 Å². The molecule has 0 aromatic carbocycles. The number of Topliss-reactive ketones (excluding diaryl/α,β-unsaturated/α-hetero) is 5. The Bertz CT molecular complexity index is 782. The number of ketones is 5. The Morgan fingerprint density at radius 2 is 1.38 bits per heavy atom. The van der Waals surface area contributed by atoms with Gasteiger partial charge in [0.2, 0.25) is 5.91 Å². The molecule has 0 bridgehead atoms. The van der Waals surface area contributed by atoms with Crippen molar-refractivity contribution in [2.75, 3.05) is 13.6 Å². The molecule has 12 nitrogen and oxygen atoms in total. The number of amides is 1. The molecule has 4 atom stereocenters. The van der Waals surface area contributed by atoms with Gasteiger partial charge in [-0.15, -0.1) is 0 Å². The Labute approximate surface area is 196 Å². The maximum atomic E-state index is 12.7. The second-order valence-electron chi connectivity index (χ2n) is 8.62. The molecular weight excluding hydrogens is 452 g/mol. The summed E-state index contributed by atoms with van der Waals surface area (Å²) in [4.78, 5) is 71.3. The van der Waals surface area contributed by atoms with Crippen molar-refractivity contribution >= 4 is 34.8 Å². The predicted molar refractivity (Wildman–Crippen MR) is 114 cm³/mol. The average Bonchev–Trinajstić information content (AvgIpc) is 3.26. The first-order chi connectivity index (χ1) is 16.0.